The van der Waals surface area contributed by atoms with Crippen LogP contribution in [0.1, 0.15) is 12.5 Å². The van der Waals surface area contributed by atoms with Crippen molar-refractivity contribution in [1.29, 1.82) is 0 Å². The molecule has 1 saturated heterocycles. The van der Waals surface area contributed by atoms with Gasteiger partial charge in [0.2, 0.25) is 0 Å². The molecule has 108 valence electrons. The number of aryl methyl sites for hydroxylation is 1. The lowest BCUT2D eigenvalue weighted by atomic mass is 10.00. The van der Waals surface area contributed by atoms with Crippen molar-refractivity contribution in [2.45, 2.75) is 13.3 Å². The van der Waals surface area contributed by atoms with E-state index in [4.69, 9.17) is 15.7 Å². The van der Waals surface area contributed by atoms with Gasteiger partial charge in [-0.1, -0.05) is 31.2 Å². The molecule has 5 heteroatoms. The Balaban J connectivity index is 0.000000704. The van der Waals surface area contributed by atoms with Crippen LogP contribution in [-0.4, -0.2) is 30.6 Å². The third-order valence-electron chi connectivity index (χ3n) is 3.31. The van der Waals surface area contributed by atoms with Gasteiger partial charge in [0.15, 0.2) is 5.75 Å². The molecule has 1 fully saturated rings. The zero-order valence-electron chi connectivity index (χ0n) is 11.9. The summed E-state index contributed by atoms with van der Waals surface area (Å²) in [6.07, 6.45) is 0.928. The van der Waals surface area contributed by atoms with E-state index in [1.54, 1.807) is 0 Å². The van der Waals surface area contributed by atoms with Crippen LogP contribution in [0, 0.1) is 0 Å². The molecule has 20 heavy (non-hydrogen) atoms. The normalized spacial score (nSPS) is 14.3. The average molecular weight is 275 g/mol. The van der Waals surface area contributed by atoms with Gasteiger partial charge in [-0.15, -0.1) is 5.06 Å². The number of hydroxylamine groups is 2. The lowest BCUT2D eigenvalue weighted by Crippen LogP contribution is -2.53. The number of fused-ring (bicyclic) bond motifs is 1. The number of nitrogen functional groups attached to an aromatic ring is 1. The molecule has 0 amide bonds. The number of nitrogens with two attached hydrogens (primary N) is 1. The van der Waals surface area contributed by atoms with Crippen LogP contribution in [-0.2, 0) is 6.42 Å². The second-order valence-corrected chi connectivity index (χ2v) is 4.48. The topological polar surface area (TPSA) is 70.8 Å². The number of benzene rings is 2. The molecule has 2 aromatic carbocycles. The van der Waals surface area contributed by atoms with E-state index in [0.717, 1.165) is 43.7 Å². The second kappa shape index (κ2) is 6.56. The molecule has 1 heterocycles. The molecule has 2 aromatic rings. The van der Waals surface area contributed by atoms with E-state index < -0.39 is 0 Å². The molecule has 0 unspecified atom stereocenters. The number of nitrogens with zero attached hydrogens (tertiary/aromatic N) is 1. The van der Waals surface area contributed by atoms with Gasteiger partial charge in [-0.2, -0.15) is 0 Å². The van der Waals surface area contributed by atoms with Crippen LogP contribution in [0.25, 0.3) is 10.8 Å². The van der Waals surface area contributed by atoms with Crippen molar-refractivity contribution >= 4 is 16.5 Å². The summed E-state index contributed by atoms with van der Waals surface area (Å²) < 4.78 is 0. The van der Waals surface area contributed by atoms with E-state index >= 15 is 0 Å². The Morgan fingerprint density at radius 3 is 2.45 bits per heavy atom. The standard InChI is InChI=1S/C14H17N3O.CH4O/c1-2-10-11-5-3-4-6-12(11)14(7-13(10)15)18-17-8-16-9-17;1-2/h3-7,16H,2,8-9,15H2,1H3;2H,1H3. The molecule has 0 aromatic heterocycles. The summed E-state index contributed by atoms with van der Waals surface area (Å²) in [6, 6.07) is 10.2. The van der Waals surface area contributed by atoms with Crippen molar-refractivity contribution in [3.8, 4) is 5.75 Å². The Labute approximate surface area is 118 Å². The Morgan fingerprint density at radius 2 is 1.90 bits per heavy atom. The number of nitrogens with one attached hydrogen (secondary N) is 1. The Kier molecular flexibility index (Phi) is 4.79. The van der Waals surface area contributed by atoms with Crippen molar-refractivity contribution in [2.75, 3.05) is 26.2 Å². The first-order valence-corrected chi connectivity index (χ1v) is 6.68. The van der Waals surface area contributed by atoms with Gasteiger partial charge < -0.3 is 15.7 Å². The first-order valence-electron chi connectivity index (χ1n) is 6.68. The number of aliphatic hydroxyl groups excluding tert-OH is 1. The van der Waals surface area contributed by atoms with E-state index in [1.807, 2.05) is 23.3 Å². The highest BCUT2D eigenvalue weighted by Gasteiger charge is 2.17. The summed E-state index contributed by atoms with van der Waals surface area (Å²) in [7, 11) is 1.00. The summed E-state index contributed by atoms with van der Waals surface area (Å²) in [4.78, 5) is 5.83. The fourth-order valence-electron chi connectivity index (χ4n) is 2.30. The molecule has 0 radical (unpaired) electrons. The maximum absolute atomic E-state index is 7.00. The van der Waals surface area contributed by atoms with E-state index in [-0.39, 0.29) is 0 Å². The molecule has 0 spiro atoms. The number of hydrogen-bond donors (Lipinski definition) is 3. The highest BCUT2D eigenvalue weighted by atomic mass is 16.7. The lowest BCUT2D eigenvalue weighted by Gasteiger charge is -2.31. The minimum absolute atomic E-state index is 0.754. The van der Waals surface area contributed by atoms with Crippen LogP contribution in [0.2, 0.25) is 0 Å². The maximum Gasteiger partial charge on any atom is 0.157 e. The quantitative estimate of drug-likeness (QED) is 0.744. The predicted octanol–water partition coefficient (Wildman–Crippen LogP) is 1.71. The molecule has 3 rings (SSSR count). The van der Waals surface area contributed by atoms with Gasteiger partial charge in [0, 0.05) is 24.2 Å². The zero-order valence-corrected chi connectivity index (χ0v) is 11.9. The monoisotopic (exact) mass is 275 g/mol. The molecule has 0 bridgehead atoms. The van der Waals surface area contributed by atoms with Gasteiger partial charge in [0.05, 0.1) is 13.3 Å². The third-order valence-corrected chi connectivity index (χ3v) is 3.31. The summed E-state index contributed by atoms with van der Waals surface area (Å²) in [5, 5.41) is 14.3. The van der Waals surface area contributed by atoms with Crippen LogP contribution in [0.3, 0.4) is 0 Å². The molecular weight excluding hydrogens is 254 g/mol. The fourth-order valence-corrected chi connectivity index (χ4v) is 2.30. The highest BCUT2D eigenvalue weighted by molar-refractivity contribution is 5.94. The third kappa shape index (κ3) is 2.70. The van der Waals surface area contributed by atoms with Crippen molar-refractivity contribution in [3.63, 3.8) is 0 Å². The second-order valence-electron chi connectivity index (χ2n) is 4.48. The zero-order chi connectivity index (χ0) is 14.5. The SMILES string of the molecule is CCc1c(N)cc(ON2CNC2)c2ccccc12.CO. The summed E-state index contributed by atoms with van der Waals surface area (Å²) in [6.45, 7) is 3.63. The van der Waals surface area contributed by atoms with Gasteiger partial charge in [0.25, 0.3) is 0 Å². The molecule has 1 aliphatic heterocycles. The average Bonchev–Trinajstić information content (AvgIpc) is 2.45. The minimum Gasteiger partial charge on any atom is -0.403 e. The lowest BCUT2D eigenvalue weighted by molar-refractivity contribution is -0.125. The van der Waals surface area contributed by atoms with E-state index in [1.165, 1.54) is 10.9 Å². The molecule has 5 nitrogen and oxygen atoms in total. The Hall–Kier alpha value is -1.82. The van der Waals surface area contributed by atoms with Gasteiger partial charge in [-0.3, -0.25) is 5.32 Å². The Morgan fingerprint density at radius 1 is 1.25 bits per heavy atom. The molecular formula is C15H21N3O2. The van der Waals surface area contributed by atoms with E-state index in [9.17, 15) is 0 Å². The first kappa shape index (κ1) is 14.6. The van der Waals surface area contributed by atoms with Gasteiger partial charge >= 0.3 is 0 Å². The maximum atomic E-state index is 7.00. The predicted molar refractivity (Wildman–Crippen MR) is 81.2 cm³/mol. The summed E-state index contributed by atoms with van der Waals surface area (Å²) in [5.41, 5.74) is 8.12. The molecule has 4 N–H and O–H groups in total. The smallest absolute Gasteiger partial charge is 0.157 e. The number of anilines is 1. The van der Waals surface area contributed by atoms with Crippen molar-refractivity contribution < 1.29 is 9.94 Å². The molecule has 0 aliphatic carbocycles. The number of aliphatic hydroxyl groups is 1. The van der Waals surface area contributed by atoms with Crippen LogP contribution in [0.15, 0.2) is 30.3 Å². The van der Waals surface area contributed by atoms with E-state index in [2.05, 4.69) is 24.4 Å². The largest absolute Gasteiger partial charge is 0.403 e. The van der Waals surface area contributed by atoms with Gasteiger partial charge in [-0.25, -0.2) is 0 Å². The van der Waals surface area contributed by atoms with Gasteiger partial charge in [0.1, 0.15) is 0 Å². The van der Waals surface area contributed by atoms with Crippen LogP contribution in [0.4, 0.5) is 5.69 Å². The highest BCUT2D eigenvalue weighted by Crippen LogP contribution is 2.33. The molecule has 0 atom stereocenters. The van der Waals surface area contributed by atoms with Crippen molar-refractivity contribution in [2.24, 2.45) is 0 Å². The van der Waals surface area contributed by atoms with Crippen LogP contribution in [0.5, 0.6) is 5.75 Å². The van der Waals surface area contributed by atoms with E-state index in [0.29, 0.717) is 0 Å². The fraction of sp³-hybridized carbons (Fsp3) is 0.333. The van der Waals surface area contributed by atoms with Crippen LogP contribution >= 0.6 is 0 Å². The minimum atomic E-state index is 0.754. The number of hydrogen-bond acceptors (Lipinski definition) is 5. The van der Waals surface area contributed by atoms with Crippen molar-refractivity contribution in [1.82, 2.24) is 10.4 Å². The summed E-state index contributed by atoms with van der Waals surface area (Å²) >= 11 is 0. The van der Waals surface area contributed by atoms with Gasteiger partial charge in [-0.05, 0) is 17.4 Å². The van der Waals surface area contributed by atoms with Crippen LogP contribution < -0.4 is 15.9 Å². The first-order chi connectivity index (χ1) is 9.79. The molecule has 1 aliphatic rings. The Bertz CT molecular complexity index is 583. The van der Waals surface area contributed by atoms with Crippen molar-refractivity contribution in [3.05, 3.63) is 35.9 Å². The molecule has 0 saturated carbocycles. The number of rotatable bonds is 3. The summed E-state index contributed by atoms with van der Waals surface area (Å²) in [5.74, 6) is 0.835.